The second kappa shape index (κ2) is 7.74. The van der Waals surface area contributed by atoms with Crippen LogP contribution in [0.5, 0.6) is 0 Å². The molecule has 0 spiro atoms. The van der Waals surface area contributed by atoms with Gasteiger partial charge in [-0.15, -0.1) is 11.3 Å². The van der Waals surface area contributed by atoms with Crippen molar-refractivity contribution in [3.63, 3.8) is 0 Å². The van der Waals surface area contributed by atoms with E-state index >= 15 is 0 Å². The Morgan fingerprint density at radius 3 is 2.80 bits per heavy atom. The molecule has 0 N–H and O–H groups in total. The van der Waals surface area contributed by atoms with Gasteiger partial charge in [-0.2, -0.15) is 4.99 Å². The van der Waals surface area contributed by atoms with Gasteiger partial charge in [-0.25, -0.2) is 8.78 Å². The molecule has 9 heteroatoms. The van der Waals surface area contributed by atoms with Crippen molar-refractivity contribution >= 4 is 50.4 Å². The summed E-state index contributed by atoms with van der Waals surface area (Å²) in [5, 5.41) is 0. The minimum absolute atomic E-state index is 0.210. The van der Waals surface area contributed by atoms with E-state index in [0.717, 1.165) is 28.7 Å². The molecule has 0 radical (unpaired) electrons. The first-order chi connectivity index (χ1) is 12.0. The molecule has 4 nitrogen and oxygen atoms in total. The number of fused-ring (bicyclic) bond motifs is 1. The molecule has 2 aromatic heterocycles. The van der Waals surface area contributed by atoms with Gasteiger partial charge >= 0.3 is 0 Å². The van der Waals surface area contributed by atoms with E-state index in [4.69, 9.17) is 16.3 Å². The van der Waals surface area contributed by atoms with E-state index in [1.807, 2.05) is 6.92 Å². The lowest BCUT2D eigenvalue weighted by Gasteiger charge is -2.06. The van der Waals surface area contributed by atoms with Crippen LogP contribution in [0, 0.1) is 11.6 Å². The molecule has 1 aromatic carbocycles. The highest BCUT2D eigenvalue weighted by molar-refractivity contribution is 7.18. The Labute approximate surface area is 155 Å². The number of thiazole rings is 1. The van der Waals surface area contributed by atoms with E-state index in [9.17, 15) is 13.6 Å². The normalized spacial score (nSPS) is 12.2. The minimum atomic E-state index is -0.698. The number of hydrogen-bond donors (Lipinski definition) is 0. The smallest absolute Gasteiger partial charge is 0.289 e. The number of thiophene rings is 1. The number of benzene rings is 1. The zero-order valence-corrected chi connectivity index (χ0v) is 15.5. The predicted octanol–water partition coefficient (Wildman–Crippen LogP) is 4.47. The number of carbonyl (C=O) groups is 1. The number of carbonyl (C=O) groups excluding carboxylic acids is 1. The van der Waals surface area contributed by atoms with Crippen LogP contribution in [0.1, 0.15) is 16.6 Å². The van der Waals surface area contributed by atoms with Crippen LogP contribution in [0.15, 0.2) is 29.3 Å². The van der Waals surface area contributed by atoms with Crippen LogP contribution >= 0.6 is 34.3 Å². The van der Waals surface area contributed by atoms with Crippen molar-refractivity contribution in [3.8, 4) is 0 Å². The zero-order valence-electron chi connectivity index (χ0n) is 13.1. The van der Waals surface area contributed by atoms with E-state index in [0.29, 0.717) is 33.7 Å². The molecule has 25 heavy (non-hydrogen) atoms. The summed E-state index contributed by atoms with van der Waals surface area (Å²) < 4.78 is 35.5. The summed E-state index contributed by atoms with van der Waals surface area (Å²) in [6, 6.07) is 5.23. The SMILES string of the molecule is CCOCCn1c(=NC(=O)c2ccc(Cl)s2)sc2cc(F)cc(F)c21. The Morgan fingerprint density at radius 2 is 2.12 bits per heavy atom. The Balaban J connectivity index is 2.12. The molecular formula is C16H13ClF2N2O2S2. The fourth-order valence-electron chi connectivity index (χ4n) is 2.29. The summed E-state index contributed by atoms with van der Waals surface area (Å²) in [6.07, 6.45) is 0. The van der Waals surface area contributed by atoms with Gasteiger partial charge in [0.05, 0.1) is 26.0 Å². The summed E-state index contributed by atoms with van der Waals surface area (Å²) in [4.78, 5) is 17.1. The van der Waals surface area contributed by atoms with Crippen molar-refractivity contribution in [3.05, 3.63) is 49.9 Å². The zero-order chi connectivity index (χ0) is 18.0. The molecule has 1 amide bonds. The molecule has 0 fully saturated rings. The third-order valence-electron chi connectivity index (χ3n) is 3.34. The maximum Gasteiger partial charge on any atom is 0.289 e. The van der Waals surface area contributed by atoms with Gasteiger partial charge in [-0.1, -0.05) is 22.9 Å². The van der Waals surface area contributed by atoms with Gasteiger partial charge in [0.2, 0.25) is 0 Å². The number of hydrogen-bond acceptors (Lipinski definition) is 4. The lowest BCUT2D eigenvalue weighted by atomic mass is 10.3. The van der Waals surface area contributed by atoms with Gasteiger partial charge < -0.3 is 9.30 Å². The lowest BCUT2D eigenvalue weighted by Crippen LogP contribution is -2.20. The van der Waals surface area contributed by atoms with E-state index < -0.39 is 17.5 Å². The maximum atomic E-state index is 14.3. The van der Waals surface area contributed by atoms with Crippen molar-refractivity contribution in [2.75, 3.05) is 13.2 Å². The van der Waals surface area contributed by atoms with Crippen molar-refractivity contribution in [1.82, 2.24) is 4.57 Å². The first-order valence-corrected chi connectivity index (χ1v) is 9.41. The van der Waals surface area contributed by atoms with E-state index in [2.05, 4.69) is 4.99 Å². The largest absolute Gasteiger partial charge is 0.380 e. The van der Waals surface area contributed by atoms with Crippen molar-refractivity contribution in [2.24, 2.45) is 4.99 Å². The van der Waals surface area contributed by atoms with Crippen molar-refractivity contribution in [2.45, 2.75) is 13.5 Å². The van der Waals surface area contributed by atoms with Gasteiger partial charge in [0, 0.05) is 19.2 Å². The molecule has 0 aliphatic rings. The Bertz CT molecular complexity index is 994. The van der Waals surface area contributed by atoms with Gasteiger partial charge in [0.15, 0.2) is 10.6 Å². The fourth-order valence-corrected chi connectivity index (χ4v) is 4.31. The van der Waals surface area contributed by atoms with Gasteiger partial charge in [-0.05, 0) is 25.1 Å². The van der Waals surface area contributed by atoms with Crippen LogP contribution in [-0.2, 0) is 11.3 Å². The van der Waals surface area contributed by atoms with Crippen LogP contribution in [0.2, 0.25) is 4.34 Å². The van der Waals surface area contributed by atoms with Crippen LogP contribution in [0.4, 0.5) is 8.78 Å². The Hall–Kier alpha value is -1.61. The van der Waals surface area contributed by atoms with Gasteiger partial charge in [-0.3, -0.25) is 4.79 Å². The number of ether oxygens (including phenoxy) is 1. The van der Waals surface area contributed by atoms with E-state index in [-0.39, 0.29) is 10.3 Å². The van der Waals surface area contributed by atoms with Crippen molar-refractivity contribution < 1.29 is 18.3 Å². The van der Waals surface area contributed by atoms with Gasteiger partial charge in [0.1, 0.15) is 5.82 Å². The molecule has 2 heterocycles. The summed E-state index contributed by atoms with van der Waals surface area (Å²) >= 11 is 8.01. The highest BCUT2D eigenvalue weighted by atomic mass is 35.5. The molecular weight excluding hydrogens is 390 g/mol. The first kappa shape index (κ1) is 18.2. The molecule has 0 aliphatic heterocycles. The Kier molecular flexibility index (Phi) is 5.63. The topological polar surface area (TPSA) is 43.6 Å². The number of rotatable bonds is 5. The molecule has 0 saturated heterocycles. The molecule has 3 rings (SSSR count). The molecule has 0 atom stereocenters. The highest BCUT2D eigenvalue weighted by Gasteiger charge is 2.15. The summed E-state index contributed by atoms with van der Waals surface area (Å²) in [6.45, 7) is 2.99. The standard InChI is InChI=1S/C16H13ClF2N2O2S2/c1-2-23-6-5-21-14-10(19)7-9(18)8-12(14)25-16(21)20-15(22)11-3-4-13(17)24-11/h3-4,7-8H,2,5-6H2,1H3. The van der Waals surface area contributed by atoms with Crippen LogP contribution < -0.4 is 4.80 Å². The lowest BCUT2D eigenvalue weighted by molar-refractivity contribution is 0.100. The van der Waals surface area contributed by atoms with Crippen LogP contribution in [-0.4, -0.2) is 23.7 Å². The highest BCUT2D eigenvalue weighted by Crippen LogP contribution is 2.24. The number of amides is 1. The summed E-state index contributed by atoms with van der Waals surface area (Å²) in [7, 11) is 0. The van der Waals surface area contributed by atoms with Crippen LogP contribution in [0.3, 0.4) is 0 Å². The number of halogens is 3. The average molecular weight is 403 g/mol. The fraction of sp³-hybridized carbons (Fsp3) is 0.250. The van der Waals surface area contributed by atoms with Gasteiger partial charge in [0.25, 0.3) is 5.91 Å². The molecule has 3 aromatic rings. The quantitative estimate of drug-likeness (QED) is 0.591. The first-order valence-electron chi connectivity index (χ1n) is 7.40. The molecule has 0 bridgehead atoms. The minimum Gasteiger partial charge on any atom is -0.380 e. The third kappa shape index (κ3) is 3.98. The second-order valence-electron chi connectivity index (χ2n) is 4.99. The predicted molar refractivity (Wildman–Crippen MR) is 95.4 cm³/mol. The van der Waals surface area contributed by atoms with E-state index in [1.165, 1.54) is 10.6 Å². The molecule has 0 unspecified atom stereocenters. The monoisotopic (exact) mass is 402 g/mol. The second-order valence-corrected chi connectivity index (χ2v) is 7.71. The summed E-state index contributed by atoms with van der Waals surface area (Å²) in [5.74, 6) is -1.85. The maximum absolute atomic E-state index is 14.3. The van der Waals surface area contributed by atoms with Crippen molar-refractivity contribution in [1.29, 1.82) is 0 Å². The average Bonchev–Trinajstić information content (AvgIpc) is 3.12. The molecule has 0 aliphatic carbocycles. The number of aromatic nitrogens is 1. The Morgan fingerprint density at radius 1 is 1.32 bits per heavy atom. The number of nitrogens with zero attached hydrogens (tertiary/aromatic N) is 2. The van der Waals surface area contributed by atoms with E-state index in [1.54, 1.807) is 12.1 Å². The summed E-state index contributed by atoms with van der Waals surface area (Å²) in [5.41, 5.74) is 0.210. The molecule has 132 valence electrons. The third-order valence-corrected chi connectivity index (χ3v) is 5.58. The molecule has 0 saturated carbocycles. The van der Waals surface area contributed by atoms with Crippen LogP contribution in [0.25, 0.3) is 10.2 Å².